The summed E-state index contributed by atoms with van der Waals surface area (Å²) in [6.45, 7) is 0.997. The van der Waals surface area contributed by atoms with Crippen LogP contribution in [0.2, 0.25) is 0 Å². The van der Waals surface area contributed by atoms with Gasteiger partial charge >= 0.3 is 0 Å². The summed E-state index contributed by atoms with van der Waals surface area (Å²) in [5.41, 5.74) is 1.20. The molecule has 24 heavy (non-hydrogen) atoms. The van der Waals surface area contributed by atoms with Gasteiger partial charge in [-0.3, -0.25) is 14.9 Å². The molecule has 2 bridgehead atoms. The van der Waals surface area contributed by atoms with Crippen molar-refractivity contribution >= 4 is 17.5 Å². The first-order valence-electron chi connectivity index (χ1n) is 8.57. The molecule has 128 valence electrons. The van der Waals surface area contributed by atoms with Crippen molar-refractivity contribution in [2.45, 2.75) is 37.6 Å². The Hall–Kier alpha value is -1.95. The van der Waals surface area contributed by atoms with E-state index >= 15 is 0 Å². The summed E-state index contributed by atoms with van der Waals surface area (Å²) < 4.78 is 14.7. The fourth-order valence-corrected chi connectivity index (χ4v) is 4.56. The van der Waals surface area contributed by atoms with Gasteiger partial charge < -0.3 is 10.0 Å². The molecule has 2 heterocycles. The summed E-state index contributed by atoms with van der Waals surface area (Å²) in [5, 5.41) is 11.7. The van der Waals surface area contributed by atoms with Crippen LogP contribution in [-0.4, -0.2) is 36.1 Å². The highest BCUT2D eigenvalue weighted by molar-refractivity contribution is 6.00. The lowest BCUT2D eigenvalue weighted by molar-refractivity contribution is -0.134. The van der Waals surface area contributed by atoms with E-state index in [9.17, 15) is 19.1 Å². The molecule has 0 radical (unpaired) electrons. The highest BCUT2D eigenvalue weighted by Gasteiger charge is 2.44. The highest BCUT2D eigenvalue weighted by Crippen LogP contribution is 2.44. The number of hydrogen-bond acceptors (Lipinski definition) is 4. The Morgan fingerprint density at radius 1 is 1.29 bits per heavy atom. The van der Waals surface area contributed by atoms with E-state index in [0.717, 1.165) is 19.4 Å². The first kappa shape index (κ1) is 15.6. The number of fused-ring (bicyclic) bond motifs is 2. The number of imide groups is 1. The van der Waals surface area contributed by atoms with E-state index in [4.69, 9.17) is 0 Å². The van der Waals surface area contributed by atoms with Gasteiger partial charge in [-0.15, -0.1) is 0 Å². The molecule has 2 unspecified atom stereocenters. The molecule has 3 fully saturated rings. The lowest BCUT2D eigenvalue weighted by Crippen LogP contribution is -2.39. The van der Waals surface area contributed by atoms with E-state index in [-0.39, 0.29) is 30.7 Å². The van der Waals surface area contributed by atoms with Gasteiger partial charge in [0.25, 0.3) is 0 Å². The minimum Gasteiger partial charge on any atom is -0.396 e. The van der Waals surface area contributed by atoms with Gasteiger partial charge in [0.05, 0.1) is 11.6 Å². The lowest BCUT2D eigenvalue weighted by Gasteiger charge is -2.33. The molecule has 1 aliphatic carbocycles. The first-order valence-corrected chi connectivity index (χ1v) is 8.57. The number of nitrogens with zero attached hydrogens (tertiary/aromatic N) is 1. The van der Waals surface area contributed by atoms with Crippen molar-refractivity contribution in [2.75, 3.05) is 18.1 Å². The number of hydrogen-bond donors (Lipinski definition) is 2. The Morgan fingerprint density at radius 2 is 2.12 bits per heavy atom. The van der Waals surface area contributed by atoms with Crippen molar-refractivity contribution < 1.29 is 19.1 Å². The van der Waals surface area contributed by atoms with Crippen molar-refractivity contribution in [1.29, 1.82) is 0 Å². The number of nitrogens with one attached hydrogen (secondary N) is 1. The Labute approximate surface area is 139 Å². The number of amides is 2. The van der Waals surface area contributed by atoms with Gasteiger partial charge in [-0.2, -0.15) is 0 Å². The number of aliphatic hydroxyl groups is 1. The van der Waals surface area contributed by atoms with E-state index in [1.807, 2.05) is 0 Å². The van der Waals surface area contributed by atoms with Crippen LogP contribution in [0.3, 0.4) is 0 Å². The maximum Gasteiger partial charge on any atom is 0.234 e. The van der Waals surface area contributed by atoms with Gasteiger partial charge in [0.2, 0.25) is 11.8 Å². The van der Waals surface area contributed by atoms with Crippen LogP contribution in [0.4, 0.5) is 10.1 Å². The second-order valence-electron chi connectivity index (χ2n) is 7.19. The Balaban J connectivity index is 1.53. The number of piperidine rings is 2. The van der Waals surface area contributed by atoms with Gasteiger partial charge in [0.1, 0.15) is 5.82 Å². The van der Waals surface area contributed by atoms with Crippen LogP contribution >= 0.6 is 0 Å². The molecule has 3 aliphatic rings. The van der Waals surface area contributed by atoms with Crippen molar-refractivity contribution in [2.24, 2.45) is 11.8 Å². The highest BCUT2D eigenvalue weighted by atomic mass is 19.1. The topological polar surface area (TPSA) is 69.6 Å². The zero-order valence-corrected chi connectivity index (χ0v) is 13.4. The number of halogens is 1. The van der Waals surface area contributed by atoms with Crippen LogP contribution < -0.4 is 10.2 Å². The van der Waals surface area contributed by atoms with Gasteiger partial charge in [-0.1, -0.05) is 6.07 Å². The van der Waals surface area contributed by atoms with Crippen LogP contribution in [0, 0.1) is 17.7 Å². The Bertz CT molecular complexity index is 693. The zero-order chi connectivity index (χ0) is 16.8. The van der Waals surface area contributed by atoms with E-state index in [1.54, 1.807) is 12.1 Å². The summed E-state index contributed by atoms with van der Waals surface area (Å²) in [7, 11) is 0. The third-order valence-corrected chi connectivity index (χ3v) is 5.85. The van der Waals surface area contributed by atoms with Crippen molar-refractivity contribution in [3.63, 3.8) is 0 Å². The second-order valence-corrected chi connectivity index (χ2v) is 7.19. The number of rotatable bonds is 3. The van der Waals surface area contributed by atoms with Crippen LogP contribution in [0.1, 0.15) is 37.2 Å². The standard InChI is InChI=1S/C18H21FN2O3/c19-15-7-10(14-2-4-17(23)20-18(14)24)1-3-16(15)21-8-11-5-13(21)6-12(11)9-22/h1,3,7,11-14,22H,2,4-6,8-9H2,(H,20,23,24)/t11-,12+,13?,14?/m0/s1. The predicted molar refractivity (Wildman–Crippen MR) is 86.0 cm³/mol. The third-order valence-electron chi connectivity index (χ3n) is 5.85. The van der Waals surface area contributed by atoms with Crippen LogP contribution in [0.25, 0.3) is 0 Å². The lowest BCUT2D eigenvalue weighted by atomic mass is 9.90. The third kappa shape index (κ3) is 2.49. The van der Waals surface area contributed by atoms with Crippen molar-refractivity contribution in [1.82, 2.24) is 5.32 Å². The summed E-state index contributed by atoms with van der Waals surface area (Å²) in [6, 6.07) is 5.28. The van der Waals surface area contributed by atoms with Crippen LogP contribution in [0.15, 0.2) is 18.2 Å². The van der Waals surface area contributed by atoms with Gasteiger partial charge in [0, 0.05) is 25.6 Å². The summed E-state index contributed by atoms with van der Waals surface area (Å²) in [5.74, 6) is -0.596. The molecule has 1 aromatic rings. The van der Waals surface area contributed by atoms with Crippen molar-refractivity contribution in [3.05, 3.63) is 29.6 Å². The minimum atomic E-state index is -0.458. The molecule has 5 nitrogen and oxygen atoms in total. The smallest absolute Gasteiger partial charge is 0.234 e. The molecule has 2 aliphatic heterocycles. The number of aliphatic hydroxyl groups excluding tert-OH is 1. The Kier molecular flexibility index (Phi) is 3.79. The molecule has 4 rings (SSSR count). The van der Waals surface area contributed by atoms with Crippen LogP contribution in [-0.2, 0) is 9.59 Å². The Morgan fingerprint density at radius 3 is 2.75 bits per heavy atom. The summed E-state index contributed by atoms with van der Waals surface area (Å²) in [4.78, 5) is 25.3. The van der Waals surface area contributed by atoms with E-state index < -0.39 is 5.92 Å². The molecule has 1 saturated carbocycles. The average Bonchev–Trinajstić information content (AvgIpc) is 3.14. The second kappa shape index (κ2) is 5.84. The molecular weight excluding hydrogens is 311 g/mol. The number of benzene rings is 1. The predicted octanol–water partition coefficient (Wildman–Crippen LogP) is 1.55. The fraction of sp³-hybridized carbons (Fsp3) is 0.556. The van der Waals surface area contributed by atoms with Gasteiger partial charge in [-0.05, 0) is 48.8 Å². The SMILES string of the molecule is O=C1CCC(c2ccc(N3C[C@@H]4CC3C[C@@H]4CO)c(F)c2)C(=O)N1. The summed E-state index contributed by atoms with van der Waals surface area (Å²) >= 11 is 0. The molecule has 1 aromatic carbocycles. The molecule has 0 aromatic heterocycles. The van der Waals surface area contributed by atoms with E-state index in [2.05, 4.69) is 10.2 Å². The molecular formula is C18H21FN2O3. The minimum absolute atomic E-state index is 0.214. The first-order chi connectivity index (χ1) is 11.6. The molecule has 2 N–H and O–H groups in total. The maximum atomic E-state index is 14.7. The van der Waals surface area contributed by atoms with Gasteiger partial charge in [-0.25, -0.2) is 4.39 Å². The van der Waals surface area contributed by atoms with Crippen molar-refractivity contribution in [3.8, 4) is 0 Å². The van der Waals surface area contributed by atoms with Crippen LogP contribution in [0.5, 0.6) is 0 Å². The van der Waals surface area contributed by atoms with E-state index in [0.29, 0.717) is 35.5 Å². The number of carbonyl (C=O) groups is 2. The normalized spacial score (nSPS) is 32.3. The number of carbonyl (C=O) groups excluding carboxylic acids is 2. The molecule has 4 atom stereocenters. The molecule has 6 heteroatoms. The number of anilines is 1. The summed E-state index contributed by atoms with van der Waals surface area (Å²) in [6.07, 6.45) is 2.64. The quantitative estimate of drug-likeness (QED) is 0.824. The maximum absolute atomic E-state index is 14.7. The van der Waals surface area contributed by atoms with Gasteiger partial charge in [0.15, 0.2) is 0 Å². The molecule has 0 spiro atoms. The molecule has 2 saturated heterocycles. The largest absolute Gasteiger partial charge is 0.396 e. The fourth-order valence-electron chi connectivity index (χ4n) is 4.56. The van der Waals surface area contributed by atoms with E-state index in [1.165, 1.54) is 6.07 Å². The molecule has 2 amide bonds. The zero-order valence-electron chi connectivity index (χ0n) is 13.4. The average molecular weight is 332 g/mol. The monoisotopic (exact) mass is 332 g/mol.